The maximum Gasteiger partial charge on any atom is 0.277 e. The number of carbonyl (C=O) groups is 2. The van der Waals surface area contributed by atoms with E-state index in [1.807, 2.05) is 18.2 Å². The zero-order valence-corrected chi connectivity index (χ0v) is 14.3. The fraction of sp³-hybridized carbons (Fsp3) is 0.300. The van der Waals surface area contributed by atoms with Crippen LogP contribution < -0.4 is 4.74 Å². The van der Waals surface area contributed by atoms with Crippen molar-refractivity contribution in [3.63, 3.8) is 0 Å². The average molecular weight is 337 g/mol. The van der Waals surface area contributed by atoms with Gasteiger partial charge in [0.15, 0.2) is 5.78 Å². The molecule has 1 aliphatic carbocycles. The third-order valence-electron chi connectivity index (χ3n) is 4.94. The second-order valence-electron chi connectivity index (χ2n) is 6.43. The van der Waals surface area contributed by atoms with Crippen LogP contribution in [0.5, 0.6) is 5.75 Å². The van der Waals surface area contributed by atoms with E-state index < -0.39 is 0 Å². The molecule has 0 radical (unpaired) electrons. The van der Waals surface area contributed by atoms with E-state index in [2.05, 4.69) is 6.07 Å². The monoisotopic (exact) mass is 337 g/mol. The van der Waals surface area contributed by atoms with E-state index in [-0.39, 0.29) is 11.7 Å². The predicted molar refractivity (Wildman–Crippen MR) is 92.6 cm³/mol. The number of fused-ring (bicyclic) bond motifs is 4. The summed E-state index contributed by atoms with van der Waals surface area (Å²) < 4.78 is 5.88. The normalized spacial score (nSPS) is 14.9. The third-order valence-corrected chi connectivity index (χ3v) is 4.94. The van der Waals surface area contributed by atoms with Crippen molar-refractivity contribution in [1.82, 2.24) is 5.06 Å². The number of hydroxylamine groups is 2. The second kappa shape index (κ2) is 6.01. The molecular formula is C20H19NO4. The summed E-state index contributed by atoms with van der Waals surface area (Å²) in [4.78, 5) is 29.3. The number of Topliss-reactive ketones (excluding diaryl/α,β-unsaturated/α-hetero) is 1. The minimum atomic E-state index is -0.202. The quantitative estimate of drug-likeness (QED) is 0.788. The molecule has 1 amide bonds. The van der Waals surface area contributed by atoms with Crippen molar-refractivity contribution in [2.24, 2.45) is 0 Å². The molecule has 2 aromatic rings. The van der Waals surface area contributed by atoms with Crippen molar-refractivity contribution < 1.29 is 19.2 Å². The summed E-state index contributed by atoms with van der Waals surface area (Å²) in [5.74, 6) is 0.740. The van der Waals surface area contributed by atoms with Gasteiger partial charge in [-0.05, 0) is 53.8 Å². The molecule has 5 nitrogen and oxygen atoms in total. The van der Waals surface area contributed by atoms with Crippen LogP contribution in [0.4, 0.5) is 0 Å². The molecule has 0 saturated heterocycles. The molecule has 1 aliphatic heterocycles. The van der Waals surface area contributed by atoms with E-state index in [0.717, 1.165) is 46.4 Å². The molecule has 5 heteroatoms. The van der Waals surface area contributed by atoms with Crippen LogP contribution in [0, 0.1) is 0 Å². The first kappa shape index (κ1) is 15.8. The molecule has 0 fully saturated rings. The van der Waals surface area contributed by atoms with Crippen molar-refractivity contribution in [2.45, 2.75) is 25.9 Å². The standard InChI is InChI=1S/C20H19NO4/c1-21(24-2)20(23)13-6-7-15-14(8-13)11-25-19-10-16-12(9-17(15)19)4-3-5-18(16)22/h6-10H,3-5,11H2,1-2H3. The van der Waals surface area contributed by atoms with Gasteiger partial charge in [-0.3, -0.25) is 14.4 Å². The van der Waals surface area contributed by atoms with Crippen LogP contribution in [0.25, 0.3) is 11.1 Å². The van der Waals surface area contributed by atoms with Crippen LogP contribution in [-0.2, 0) is 17.9 Å². The molecule has 0 N–H and O–H groups in total. The van der Waals surface area contributed by atoms with Gasteiger partial charge >= 0.3 is 0 Å². The number of benzene rings is 2. The summed E-state index contributed by atoms with van der Waals surface area (Å²) in [5.41, 5.74) is 5.45. The number of amides is 1. The number of ether oxygens (including phenoxy) is 1. The lowest BCUT2D eigenvalue weighted by atomic mass is 9.86. The van der Waals surface area contributed by atoms with Gasteiger partial charge in [-0.1, -0.05) is 6.07 Å². The summed E-state index contributed by atoms with van der Waals surface area (Å²) in [6, 6.07) is 9.55. The van der Waals surface area contributed by atoms with Gasteiger partial charge in [0.05, 0.1) is 7.11 Å². The Balaban J connectivity index is 1.77. The number of hydrogen-bond acceptors (Lipinski definition) is 4. The molecular weight excluding hydrogens is 318 g/mol. The van der Waals surface area contributed by atoms with Gasteiger partial charge in [-0.25, -0.2) is 5.06 Å². The van der Waals surface area contributed by atoms with Crippen molar-refractivity contribution in [3.05, 3.63) is 52.6 Å². The van der Waals surface area contributed by atoms with Crippen LogP contribution in [-0.4, -0.2) is 30.9 Å². The number of rotatable bonds is 2. The molecule has 128 valence electrons. The van der Waals surface area contributed by atoms with E-state index in [1.165, 1.54) is 12.2 Å². The van der Waals surface area contributed by atoms with E-state index in [1.54, 1.807) is 13.1 Å². The Morgan fingerprint density at radius 3 is 2.72 bits per heavy atom. The molecule has 0 unspecified atom stereocenters. The highest BCUT2D eigenvalue weighted by molar-refractivity contribution is 6.00. The Kier molecular flexibility index (Phi) is 3.81. The highest BCUT2D eigenvalue weighted by Crippen LogP contribution is 2.41. The molecule has 1 heterocycles. The summed E-state index contributed by atoms with van der Waals surface area (Å²) >= 11 is 0. The summed E-state index contributed by atoms with van der Waals surface area (Å²) in [6.07, 6.45) is 2.43. The zero-order chi connectivity index (χ0) is 17.6. The summed E-state index contributed by atoms with van der Waals surface area (Å²) in [6.45, 7) is 0.382. The third kappa shape index (κ3) is 2.61. The molecule has 0 spiro atoms. The van der Waals surface area contributed by atoms with Gasteiger partial charge in [0.25, 0.3) is 5.91 Å². The fourth-order valence-electron chi connectivity index (χ4n) is 3.52. The lowest BCUT2D eigenvalue weighted by Gasteiger charge is -2.25. The van der Waals surface area contributed by atoms with Gasteiger partial charge in [0, 0.05) is 30.2 Å². The van der Waals surface area contributed by atoms with E-state index >= 15 is 0 Å². The van der Waals surface area contributed by atoms with Crippen LogP contribution in [0.15, 0.2) is 30.3 Å². The molecule has 0 atom stereocenters. The minimum Gasteiger partial charge on any atom is -0.488 e. The maximum atomic E-state index is 12.3. The summed E-state index contributed by atoms with van der Waals surface area (Å²) in [7, 11) is 3.04. The van der Waals surface area contributed by atoms with Gasteiger partial charge in [0.1, 0.15) is 12.4 Å². The highest BCUT2D eigenvalue weighted by Gasteiger charge is 2.25. The van der Waals surface area contributed by atoms with Crippen molar-refractivity contribution >= 4 is 11.7 Å². The zero-order valence-electron chi connectivity index (χ0n) is 14.3. The maximum absolute atomic E-state index is 12.3. The number of aryl methyl sites for hydroxylation is 1. The molecule has 4 rings (SSSR count). The SMILES string of the molecule is CON(C)C(=O)c1ccc2c(c1)COc1cc3c(cc1-2)CCCC3=O. The molecule has 2 aliphatic rings. The predicted octanol–water partition coefficient (Wildman–Crippen LogP) is 3.40. The van der Waals surface area contributed by atoms with Crippen LogP contribution >= 0.6 is 0 Å². The molecule has 0 bridgehead atoms. The van der Waals surface area contributed by atoms with E-state index in [4.69, 9.17) is 9.57 Å². The number of nitrogens with zero attached hydrogens (tertiary/aromatic N) is 1. The van der Waals surface area contributed by atoms with Gasteiger partial charge in [0.2, 0.25) is 0 Å². The van der Waals surface area contributed by atoms with Crippen LogP contribution in [0.2, 0.25) is 0 Å². The Labute approximate surface area is 146 Å². The largest absolute Gasteiger partial charge is 0.488 e. The van der Waals surface area contributed by atoms with Crippen molar-refractivity contribution in [3.8, 4) is 16.9 Å². The highest BCUT2D eigenvalue weighted by atomic mass is 16.7. The van der Waals surface area contributed by atoms with Crippen molar-refractivity contribution in [2.75, 3.05) is 14.2 Å². The van der Waals surface area contributed by atoms with Gasteiger partial charge < -0.3 is 4.74 Å². The Morgan fingerprint density at radius 2 is 1.92 bits per heavy atom. The molecule has 25 heavy (non-hydrogen) atoms. The van der Waals surface area contributed by atoms with Gasteiger partial charge in [-0.15, -0.1) is 0 Å². The molecule has 0 aromatic heterocycles. The molecule has 2 aromatic carbocycles. The lowest BCUT2D eigenvalue weighted by molar-refractivity contribution is -0.0757. The number of ketones is 1. The first-order valence-corrected chi connectivity index (χ1v) is 8.37. The van der Waals surface area contributed by atoms with Crippen LogP contribution in [0.1, 0.15) is 44.7 Å². The van der Waals surface area contributed by atoms with E-state index in [0.29, 0.717) is 18.6 Å². The smallest absolute Gasteiger partial charge is 0.277 e. The minimum absolute atomic E-state index is 0.196. The Bertz CT molecular complexity index is 888. The summed E-state index contributed by atoms with van der Waals surface area (Å²) in [5, 5.41) is 1.20. The van der Waals surface area contributed by atoms with Crippen LogP contribution in [0.3, 0.4) is 0 Å². The first-order valence-electron chi connectivity index (χ1n) is 8.37. The lowest BCUT2D eigenvalue weighted by Crippen LogP contribution is -2.25. The van der Waals surface area contributed by atoms with Crippen molar-refractivity contribution in [1.29, 1.82) is 0 Å². The van der Waals surface area contributed by atoms with E-state index in [9.17, 15) is 9.59 Å². The topological polar surface area (TPSA) is 55.8 Å². The molecule has 0 saturated carbocycles. The second-order valence-corrected chi connectivity index (χ2v) is 6.43. The van der Waals surface area contributed by atoms with Gasteiger partial charge in [-0.2, -0.15) is 0 Å². The first-order chi connectivity index (χ1) is 12.1. The number of hydrogen-bond donors (Lipinski definition) is 0. The Morgan fingerprint density at radius 1 is 1.08 bits per heavy atom. The fourth-order valence-corrected chi connectivity index (χ4v) is 3.52. The Hall–Kier alpha value is -2.66. The number of carbonyl (C=O) groups excluding carboxylic acids is 2. The average Bonchev–Trinajstić information content (AvgIpc) is 2.65.